The van der Waals surface area contributed by atoms with Gasteiger partial charge in [-0.1, -0.05) is 15.9 Å². The number of hydrogen-bond donors (Lipinski definition) is 1. The second kappa shape index (κ2) is 8.06. The van der Waals surface area contributed by atoms with E-state index in [1.54, 1.807) is 12.1 Å². The van der Waals surface area contributed by atoms with E-state index in [-0.39, 0.29) is 5.91 Å². The molecule has 0 saturated heterocycles. The summed E-state index contributed by atoms with van der Waals surface area (Å²) in [5.41, 5.74) is 0.707. The van der Waals surface area contributed by atoms with E-state index in [4.69, 9.17) is 14.2 Å². The Morgan fingerprint density at radius 2 is 1.83 bits per heavy atom. The molecule has 2 aromatic rings. The Bertz CT molecular complexity index is 703. The largest absolute Gasteiger partial charge is 0.494 e. The molecule has 0 radical (unpaired) electrons. The van der Waals surface area contributed by atoms with Gasteiger partial charge in [-0.15, -0.1) is 0 Å². The Morgan fingerprint density at radius 3 is 2.62 bits per heavy atom. The van der Waals surface area contributed by atoms with Crippen molar-refractivity contribution in [1.29, 1.82) is 0 Å². The van der Waals surface area contributed by atoms with Crippen molar-refractivity contribution in [2.45, 2.75) is 12.8 Å². The van der Waals surface area contributed by atoms with Crippen LogP contribution in [0.4, 0.5) is 5.69 Å². The monoisotopic (exact) mass is 391 g/mol. The van der Waals surface area contributed by atoms with E-state index >= 15 is 0 Å². The van der Waals surface area contributed by atoms with Crippen LogP contribution in [0.5, 0.6) is 17.2 Å². The van der Waals surface area contributed by atoms with Crippen molar-refractivity contribution in [1.82, 2.24) is 0 Å². The number of ether oxygens (including phenoxy) is 3. The maximum absolute atomic E-state index is 12.0. The first-order chi connectivity index (χ1) is 11.7. The summed E-state index contributed by atoms with van der Waals surface area (Å²) < 4.78 is 17.6. The normalized spacial score (nSPS) is 12.5. The number of carbonyl (C=O) groups is 1. The van der Waals surface area contributed by atoms with Crippen LogP contribution in [0, 0.1) is 0 Å². The van der Waals surface area contributed by atoms with Gasteiger partial charge in [-0.2, -0.15) is 0 Å². The van der Waals surface area contributed by atoms with Gasteiger partial charge < -0.3 is 19.5 Å². The predicted molar refractivity (Wildman–Crippen MR) is 94.9 cm³/mol. The van der Waals surface area contributed by atoms with Crippen LogP contribution >= 0.6 is 15.9 Å². The summed E-state index contributed by atoms with van der Waals surface area (Å²) in [4.78, 5) is 12.0. The molecule has 2 aromatic carbocycles. The van der Waals surface area contributed by atoms with Crippen LogP contribution in [0.15, 0.2) is 46.9 Å². The topological polar surface area (TPSA) is 56.8 Å². The highest BCUT2D eigenvalue weighted by Crippen LogP contribution is 2.32. The molecule has 0 spiro atoms. The smallest absolute Gasteiger partial charge is 0.224 e. The minimum atomic E-state index is -0.0499. The van der Waals surface area contributed by atoms with Crippen molar-refractivity contribution in [2.75, 3.05) is 25.1 Å². The lowest BCUT2D eigenvalue weighted by molar-refractivity contribution is -0.116. The fourth-order valence-electron chi connectivity index (χ4n) is 2.30. The van der Waals surface area contributed by atoms with E-state index in [1.165, 1.54) is 0 Å². The number of benzene rings is 2. The predicted octanol–water partition coefficient (Wildman–Crippen LogP) is 4.02. The van der Waals surface area contributed by atoms with Crippen molar-refractivity contribution < 1.29 is 19.0 Å². The second-order valence-electron chi connectivity index (χ2n) is 5.31. The van der Waals surface area contributed by atoms with Crippen LogP contribution in [0.25, 0.3) is 0 Å². The molecular weight excluding hydrogens is 374 g/mol. The molecule has 0 atom stereocenters. The van der Waals surface area contributed by atoms with E-state index in [9.17, 15) is 4.79 Å². The molecule has 0 aliphatic carbocycles. The summed E-state index contributed by atoms with van der Waals surface area (Å²) in [7, 11) is 0. The molecule has 1 aliphatic rings. The summed E-state index contributed by atoms with van der Waals surface area (Å²) in [5, 5.41) is 2.86. The lowest BCUT2D eigenvalue weighted by Crippen LogP contribution is -2.16. The average Bonchev–Trinajstić information content (AvgIpc) is 2.60. The Morgan fingerprint density at radius 1 is 1.08 bits per heavy atom. The highest BCUT2D eigenvalue weighted by atomic mass is 79.9. The zero-order valence-electron chi connectivity index (χ0n) is 13.1. The summed E-state index contributed by atoms with van der Waals surface area (Å²) >= 11 is 3.38. The zero-order valence-corrected chi connectivity index (χ0v) is 14.7. The second-order valence-corrected chi connectivity index (χ2v) is 6.23. The van der Waals surface area contributed by atoms with E-state index in [0.717, 1.165) is 10.2 Å². The maximum Gasteiger partial charge on any atom is 0.224 e. The molecule has 0 fully saturated rings. The Balaban J connectivity index is 1.41. The quantitative estimate of drug-likeness (QED) is 0.755. The van der Waals surface area contributed by atoms with Crippen molar-refractivity contribution in [3.63, 3.8) is 0 Å². The molecule has 0 unspecified atom stereocenters. The number of carbonyl (C=O) groups excluding carboxylic acids is 1. The highest BCUT2D eigenvalue weighted by molar-refractivity contribution is 9.10. The SMILES string of the molecule is O=C(CCCOc1ccc(Br)cc1)Nc1ccc2c(c1)OCCO2. The molecule has 1 N–H and O–H groups in total. The number of hydrogen-bond acceptors (Lipinski definition) is 4. The molecule has 0 bridgehead atoms. The zero-order chi connectivity index (χ0) is 16.8. The van der Waals surface area contributed by atoms with Crippen molar-refractivity contribution >= 4 is 27.5 Å². The van der Waals surface area contributed by atoms with Gasteiger partial charge in [0, 0.05) is 22.6 Å². The van der Waals surface area contributed by atoms with Crippen LogP contribution in [0.2, 0.25) is 0 Å². The van der Waals surface area contributed by atoms with Gasteiger partial charge in [0.1, 0.15) is 19.0 Å². The van der Waals surface area contributed by atoms with Gasteiger partial charge in [0.2, 0.25) is 5.91 Å². The van der Waals surface area contributed by atoms with E-state index in [2.05, 4.69) is 21.2 Å². The molecule has 24 heavy (non-hydrogen) atoms. The third-order valence-corrected chi connectivity index (χ3v) is 3.99. The Hall–Kier alpha value is -2.21. The van der Waals surface area contributed by atoms with Gasteiger partial charge in [-0.05, 0) is 42.8 Å². The van der Waals surface area contributed by atoms with Crippen molar-refractivity contribution in [3.05, 3.63) is 46.9 Å². The lowest BCUT2D eigenvalue weighted by atomic mass is 10.2. The molecule has 0 aromatic heterocycles. The number of fused-ring (bicyclic) bond motifs is 1. The minimum Gasteiger partial charge on any atom is -0.494 e. The number of anilines is 1. The lowest BCUT2D eigenvalue weighted by Gasteiger charge is -2.19. The van der Waals surface area contributed by atoms with Crippen LogP contribution in [0.3, 0.4) is 0 Å². The first-order valence-corrected chi connectivity index (χ1v) is 8.58. The third-order valence-electron chi connectivity index (χ3n) is 3.46. The number of nitrogens with one attached hydrogen (secondary N) is 1. The molecule has 0 saturated carbocycles. The fraction of sp³-hybridized carbons (Fsp3) is 0.278. The van der Waals surface area contributed by atoms with Crippen molar-refractivity contribution in [2.24, 2.45) is 0 Å². The van der Waals surface area contributed by atoms with Gasteiger partial charge >= 0.3 is 0 Å². The van der Waals surface area contributed by atoms with Gasteiger partial charge in [0.25, 0.3) is 0 Å². The molecule has 126 valence electrons. The Labute approximate surface area is 149 Å². The summed E-state index contributed by atoms with van der Waals surface area (Å²) in [5.74, 6) is 2.12. The molecule has 1 aliphatic heterocycles. The van der Waals surface area contributed by atoms with Gasteiger partial charge in [0.05, 0.1) is 6.61 Å². The molecule has 3 rings (SSSR count). The van der Waals surface area contributed by atoms with E-state index < -0.39 is 0 Å². The first-order valence-electron chi connectivity index (χ1n) is 7.78. The first kappa shape index (κ1) is 16.6. The highest BCUT2D eigenvalue weighted by Gasteiger charge is 2.12. The standard InChI is InChI=1S/C18H18BrNO4/c19-13-3-6-15(7-4-13)22-9-1-2-18(21)20-14-5-8-16-17(12-14)24-11-10-23-16/h3-8,12H,1-2,9-11H2,(H,20,21). The van der Waals surface area contributed by atoms with Gasteiger partial charge in [0.15, 0.2) is 11.5 Å². The molecular formula is C18H18BrNO4. The van der Waals surface area contributed by atoms with Crippen LogP contribution in [-0.4, -0.2) is 25.7 Å². The Kier molecular flexibility index (Phi) is 5.59. The average molecular weight is 392 g/mol. The molecule has 1 heterocycles. The van der Waals surface area contributed by atoms with Crippen LogP contribution < -0.4 is 19.5 Å². The molecule has 5 nitrogen and oxygen atoms in total. The van der Waals surface area contributed by atoms with Crippen LogP contribution in [-0.2, 0) is 4.79 Å². The van der Waals surface area contributed by atoms with Gasteiger partial charge in [-0.25, -0.2) is 0 Å². The van der Waals surface area contributed by atoms with E-state index in [1.807, 2.05) is 30.3 Å². The van der Waals surface area contributed by atoms with Crippen LogP contribution in [0.1, 0.15) is 12.8 Å². The number of rotatable bonds is 6. The summed E-state index contributed by atoms with van der Waals surface area (Å²) in [6.07, 6.45) is 1.04. The molecule has 1 amide bonds. The number of halogens is 1. The third kappa shape index (κ3) is 4.64. The fourth-order valence-corrected chi connectivity index (χ4v) is 2.56. The number of amides is 1. The van der Waals surface area contributed by atoms with E-state index in [0.29, 0.717) is 49.8 Å². The summed E-state index contributed by atoms with van der Waals surface area (Å²) in [6, 6.07) is 13.0. The van der Waals surface area contributed by atoms with Gasteiger partial charge in [-0.3, -0.25) is 4.79 Å². The maximum atomic E-state index is 12.0. The molecule has 6 heteroatoms. The van der Waals surface area contributed by atoms with Crippen molar-refractivity contribution in [3.8, 4) is 17.2 Å². The minimum absolute atomic E-state index is 0.0499. The summed E-state index contributed by atoms with van der Waals surface area (Å²) in [6.45, 7) is 1.57.